The molecule has 0 radical (unpaired) electrons. The van der Waals surface area contributed by atoms with Crippen molar-refractivity contribution < 1.29 is 19.4 Å². The van der Waals surface area contributed by atoms with Gasteiger partial charge in [-0.1, -0.05) is 6.07 Å². The number of ether oxygens (including phenoxy) is 1. The normalized spacial score (nSPS) is 23.3. The van der Waals surface area contributed by atoms with Gasteiger partial charge in [0.25, 0.3) is 0 Å². The van der Waals surface area contributed by atoms with E-state index < -0.39 is 6.10 Å². The number of carbonyl (C=O) groups is 2. The van der Waals surface area contributed by atoms with Crippen LogP contribution >= 0.6 is 11.3 Å². The van der Waals surface area contributed by atoms with Gasteiger partial charge in [0.2, 0.25) is 11.8 Å². The molecule has 0 unspecified atom stereocenters. The predicted molar refractivity (Wildman–Crippen MR) is 86.0 cm³/mol. The molecule has 7 heteroatoms. The molecule has 0 spiro atoms. The molecule has 2 saturated heterocycles. The third-order valence-electron chi connectivity index (χ3n) is 4.47. The van der Waals surface area contributed by atoms with Gasteiger partial charge in [0.15, 0.2) is 0 Å². The monoisotopic (exact) mass is 338 g/mol. The Balaban J connectivity index is 1.57. The maximum absolute atomic E-state index is 12.5. The lowest BCUT2D eigenvalue weighted by Gasteiger charge is -2.31. The average Bonchev–Trinajstić information content (AvgIpc) is 3.20. The van der Waals surface area contributed by atoms with Gasteiger partial charge in [0.05, 0.1) is 19.3 Å². The SMILES string of the molecule is O=C1COCCN1CC(=O)N1CCC[C@H]1C[C@H](O)c1cccs1. The maximum Gasteiger partial charge on any atom is 0.249 e. The summed E-state index contributed by atoms with van der Waals surface area (Å²) in [6, 6.07) is 3.89. The summed E-state index contributed by atoms with van der Waals surface area (Å²) in [4.78, 5) is 28.6. The minimum Gasteiger partial charge on any atom is -0.387 e. The van der Waals surface area contributed by atoms with E-state index in [9.17, 15) is 14.7 Å². The van der Waals surface area contributed by atoms with Gasteiger partial charge in [0, 0.05) is 24.0 Å². The molecule has 1 aromatic rings. The number of carbonyl (C=O) groups excluding carboxylic acids is 2. The summed E-state index contributed by atoms with van der Waals surface area (Å²) >= 11 is 1.53. The number of rotatable bonds is 5. The van der Waals surface area contributed by atoms with Crippen molar-refractivity contribution in [1.29, 1.82) is 0 Å². The van der Waals surface area contributed by atoms with Gasteiger partial charge in [-0.25, -0.2) is 0 Å². The molecule has 0 aliphatic carbocycles. The number of aliphatic hydroxyl groups excluding tert-OH is 1. The Bertz CT molecular complexity index is 548. The zero-order chi connectivity index (χ0) is 16.2. The van der Waals surface area contributed by atoms with Crippen LogP contribution in [0.2, 0.25) is 0 Å². The lowest BCUT2D eigenvalue weighted by atomic mass is 10.1. The van der Waals surface area contributed by atoms with E-state index in [4.69, 9.17) is 4.74 Å². The zero-order valence-electron chi connectivity index (χ0n) is 13.0. The van der Waals surface area contributed by atoms with Crippen molar-refractivity contribution >= 4 is 23.2 Å². The molecular weight excluding hydrogens is 316 g/mol. The van der Waals surface area contributed by atoms with Crippen LogP contribution in [-0.2, 0) is 14.3 Å². The van der Waals surface area contributed by atoms with E-state index >= 15 is 0 Å². The van der Waals surface area contributed by atoms with Crippen molar-refractivity contribution in [2.24, 2.45) is 0 Å². The minimum absolute atomic E-state index is 0.0267. The molecule has 1 aromatic heterocycles. The first-order chi connectivity index (χ1) is 11.1. The van der Waals surface area contributed by atoms with E-state index in [1.54, 1.807) is 4.90 Å². The molecule has 2 aliphatic rings. The van der Waals surface area contributed by atoms with Gasteiger partial charge in [-0.05, 0) is 30.7 Å². The second-order valence-corrected chi connectivity index (χ2v) is 7.00. The number of aliphatic hydroxyl groups is 1. The van der Waals surface area contributed by atoms with Crippen molar-refractivity contribution in [1.82, 2.24) is 9.80 Å². The fourth-order valence-electron chi connectivity index (χ4n) is 3.24. The first-order valence-electron chi connectivity index (χ1n) is 8.01. The smallest absolute Gasteiger partial charge is 0.249 e. The highest BCUT2D eigenvalue weighted by Gasteiger charge is 2.32. The van der Waals surface area contributed by atoms with Crippen LogP contribution in [0.3, 0.4) is 0 Å². The lowest BCUT2D eigenvalue weighted by Crippen LogP contribution is -2.49. The highest BCUT2D eigenvalue weighted by molar-refractivity contribution is 7.10. The van der Waals surface area contributed by atoms with E-state index in [1.807, 2.05) is 22.4 Å². The first kappa shape index (κ1) is 16.4. The molecule has 2 atom stereocenters. The summed E-state index contributed by atoms with van der Waals surface area (Å²) in [6.07, 6.45) is 1.89. The molecule has 1 N–H and O–H groups in total. The molecule has 23 heavy (non-hydrogen) atoms. The van der Waals surface area contributed by atoms with Crippen LogP contribution in [0.15, 0.2) is 17.5 Å². The fourth-order valence-corrected chi connectivity index (χ4v) is 3.96. The summed E-state index contributed by atoms with van der Waals surface area (Å²) in [5.74, 6) is -0.153. The Kier molecular flexibility index (Phi) is 5.30. The second kappa shape index (κ2) is 7.42. The van der Waals surface area contributed by atoms with Gasteiger partial charge in [0.1, 0.15) is 6.61 Å². The van der Waals surface area contributed by atoms with Crippen LogP contribution in [-0.4, -0.2) is 65.6 Å². The van der Waals surface area contributed by atoms with Crippen molar-refractivity contribution in [2.75, 3.05) is 32.8 Å². The van der Waals surface area contributed by atoms with Crippen LogP contribution in [0, 0.1) is 0 Å². The largest absolute Gasteiger partial charge is 0.387 e. The molecule has 6 nitrogen and oxygen atoms in total. The Morgan fingerprint density at radius 2 is 2.35 bits per heavy atom. The number of hydrogen-bond acceptors (Lipinski definition) is 5. The molecule has 2 amide bonds. The molecule has 0 saturated carbocycles. The molecule has 2 fully saturated rings. The fraction of sp³-hybridized carbons (Fsp3) is 0.625. The van der Waals surface area contributed by atoms with E-state index in [0.29, 0.717) is 26.1 Å². The standard InChI is InChI=1S/C16H22N2O4S/c19-13(14-4-2-8-23-14)9-12-3-1-5-18(12)15(20)10-17-6-7-22-11-16(17)21/h2,4,8,12-13,19H,1,3,5-7,9-11H2/t12-,13-/m0/s1. The average molecular weight is 338 g/mol. The molecule has 3 heterocycles. The van der Waals surface area contributed by atoms with Gasteiger partial charge in [-0.3, -0.25) is 9.59 Å². The summed E-state index contributed by atoms with van der Waals surface area (Å²) < 4.78 is 5.09. The summed E-state index contributed by atoms with van der Waals surface area (Å²) in [5.41, 5.74) is 0. The number of likely N-dealkylation sites (tertiary alicyclic amines) is 1. The third kappa shape index (κ3) is 3.91. The van der Waals surface area contributed by atoms with E-state index in [2.05, 4.69) is 0 Å². The number of hydrogen-bond donors (Lipinski definition) is 1. The molecule has 0 bridgehead atoms. The number of thiophene rings is 1. The molecule has 2 aliphatic heterocycles. The Morgan fingerprint density at radius 1 is 1.48 bits per heavy atom. The Hall–Kier alpha value is -1.44. The minimum atomic E-state index is -0.529. The summed E-state index contributed by atoms with van der Waals surface area (Å²) in [5, 5.41) is 12.3. The molecular formula is C16H22N2O4S. The third-order valence-corrected chi connectivity index (χ3v) is 5.45. The van der Waals surface area contributed by atoms with Gasteiger partial charge < -0.3 is 19.6 Å². The van der Waals surface area contributed by atoms with Crippen molar-refractivity contribution in [3.05, 3.63) is 22.4 Å². The molecule has 126 valence electrons. The summed E-state index contributed by atoms with van der Waals surface area (Å²) in [7, 11) is 0. The molecule has 0 aromatic carbocycles. The van der Waals surface area contributed by atoms with E-state index in [0.717, 1.165) is 17.7 Å². The predicted octanol–water partition coefficient (Wildman–Crippen LogP) is 1.02. The van der Waals surface area contributed by atoms with E-state index in [1.165, 1.54) is 11.3 Å². The highest BCUT2D eigenvalue weighted by atomic mass is 32.1. The number of nitrogens with zero attached hydrogens (tertiary/aromatic N) is 2. The Labute approximate surface area is 139 Å². The zero-order valence-corrected chi connectivity index (χ0v) is 13.8. The number of morpholine rings is 1. The van der Waals surface area contributed by atoms with Crippen LogP contribution in [0.5, 0.6) is 0 Å². The highest BCUT2D eigenvalue weighted by Crippen LogP contribution is 2.29. The Morgan fingerprint density at radius 3 is 3.09 bits per heavy atom. The lowest BCUT2D eigenvalue weighted by molar-refractivity contribution is -0.149. The number of amides is 2. The van der Waals surface area contributed by atoms with Gasteiger partial charge in [-0.2, -0.15) is 0 Å². The van der Waals surface area contributed by atoms with Gasteiger partial charge in [-0.15, -0.1) is 11.3 Å². The van der Waals surface area contributed by atoms with E-state index in [-0.39, 0.29) is 31.0 Å². The van der Waals surface area contributed by atoms with Crippen molar-refractivity contribution in [3.63, 3.8) is 0 Å². The van der Waals surface area contributed by atoms with Gasteiger partial charge >= 0.3 is 0 Å². The van der Waals surface area contributed by atoms with Crippen LogP contribution in [0.4, 0.5) is 0 Å². The molecule has 3 rings (SSSR count). The van der Waals surface area contributed by atoms with Crippen LogP contribution in [0.1, 0.15) is 30.2 Å². The van der Waals surface area contributed by atoms with Crippen LogP contribution in [0.25, 0.3) is 0 Å². The topological polar surface area (TPSA) is 70.1 Å². The van der Waals surface area contributed by atoms with Crippen molar-refractivity contribution in [2.45, 2.75) is 31.4 Å². The quantitative estimate of drug-likeness (QED) is 0.870. The second-order valence-electron chi connectivity index (χ2n) is 6.02. The van der Waals surface area contributed by atoms with Crippen LogP contribution < -0.4 is 0 Å². The van der Waals surface area contributed by atoms with Crippen molar-refractivity contribution in [3.8, 4) is 0 Å². The maximum atomic E-state index is 12.5. The summed E-state index contributed by atoms with van der Waals surface area (Å²) in [6.45, 7) is 1.85. The first-order valence-corrected chi connectivity index (χ1v) is 8.89.